The highest BCUT2D eigenvalue weighted by Crippen LogP contribution is 2.70. The SMILES string of the molecule is CCCCCC(=O)O[C@H]1CC[C@@]2(C)C(=CC[C@@H]3[C@H]4C[C@H]5O[C@]6(CC[C@H](C)CO6)[C@H](C)[C@H]5[C@@]4(C)CC[C@H]32)C1. The average Bonchev–Trinajstić information content (AvgIpc) is 3.31. The smallest absolute Gasteiger partial charge is 0.306 e. The Morgan fingerprint density at radius 2 is 1.92 bits per heavy atom. The lowest BCUT2D eigenvalue weighted by atomic mass is 9.47. The van der Waals surface area contributed by atoms with Crippen molar-refractivity contribution in [3.63, 3.8) is 0 Å². The van der Waals surface area contributed by atoms with Gasteiger partial charge in [0.2, 0.25) is 0 Å². The largest absolute Gasteiger partial charge is 0.462 e. The molecule has 0 aromatic heterocycles. The van der Waals surface area contributed by atoms with Crippen LogP contribution in [0.4, 0.5) is 0 Å². The Morgan fingerprint density at radius 1 is 1.08 bits per heavy atom. The number of rotatable bonds is 5. The molecule has 4 heteroatoms. The van der Waals surface area contributed by atoms with E-state index in [1.165, 1.54) is 38.5 Å². The molecule has 0 aromatic carbocycles. The maximum absolute atomic E-state index is 12.4. The van der Waals surface area contributed by atoms with Crippen LogP contribution < -0.4 is 0 Å². The topological polar surface area (TPSA) is 44.8 Å². The molecule has 3 saturated carbocycles. The van der Waals surface area contributed by atoms with E-state index in [2.05, 4.69) is 40.7 Å². The van der Waals surface area contributed by atoms with Crippen molar-refractivity contribution in [2.75, 3.05) is 6.61 Å². The Bertz CT molecular complexity index is 902. The van der Waals surface area contributed by atoms with Crippen LogP contribution in [0.15, 0.2) is 11.6 Å². The van der Waals surface area contributed by atoms with Crippen LogP contribution in [0.25, 0.3) is 0 Å². The Balaban J connectivity index is 1.15. The second kappa shape index (κ2) is 9.65. The van der Waals surface area contributed by atoms with Gasteiger partial charge in [0.05, 0.1) is 12.7 Å². The van der Waals surface area contributed by atoms with E-state index >= 15 is 0 Å². The molecule has 6 rings (SSSR count). The summed E-state index contributed by atoms with van der Waals surface area (Å²) >= 11 is 0. The normalized spacial score (nSPS) is 50.6. The maximum atomic E-state index is 12.4. The minimum Gasteiger partial charge on any atom is -0.462 e. The lowest BCUT2D eigenvalue weighted by molar-refractivity contribution is -0.272. The third kappa shape index (κ3) is 4.17. The van der Waals surface area contributed by atoms with Crippen molar-refractivity contribution >= 4 is 5.97 Å². The molecule has 6 aliphatic rings. The first-order chi connectivity index (χ1) is 17.7. The molecule has 37 heavy (non-hydrogen) atoms. The number of carbonyl (C=O) groups excluding carboxylic acids is 1. The summed E-state index contributed by atoms with van der Waals surface area (Å²) in [5.74, 6) is 3.77. The zero-order valence-corrected chi connectivity index (χ0v) is 24.2. The Labute approximate surface area is 225 Å². The zero-order chi connectivity index (χ0) is 26.0. The lowest BCUT2D eigenvalue weighted by Crippen LogP contribution is -2.52. The van der Waals surface area contributed by atoms with Crippen molar-refractivity contribution in [1.29, 1.82) is 0 Å². The number of unbranched alkanes of at least 4 members (excludes halogenated alkanes) is 2. The third-order valence-corrected chi connectivity index (χ3v) is 12.6. The Morgan fingerprint density at radius 3 is 2.68 bits per heavy atom. The highest BCUT2D eigenvalue weighted by molar-refractivity contribution is 5.69. The van der Waals surface area contributed by atoms with E-state index in [0.717, 1.165) is 62.9 Å². The molecular weight excluding hydrogens is 460 g/mol. The van der Waals surface area contributed by atoms with Crippen LogP contribution in [0.2, 0.25) is 0 Å². The third-order valence-electron chi connectivity index (χ3n) is 12.6. The average molecular weight is 513 g/mol. The number of carbonyl (C=O) groups is 1. The van der Waals surface area contributed by atoms with Gasteiger partial charge in [0.15, 0.2) is 5.79 Å². The number of hydrogen-bond acceptors (Lipinski definition) is 4. The molecule has 208 valence electrons. The molecule has 0 radical (unpaired) electrons. The molecule has 0 N–H and O–H groups in total. The van der Waals surface area contributed by atoms with Gasteiger partial charge in [0.25, 0.3) is 0 Å². The van der Waals surface area contributed by atoms with Crippen molar-refractivity contribution in [1.82, 2.24) is 0 Å². The summed E-state index contributed by atoms with van der Waals surface area (Å²) in [6, 6.07) is 0. The van der Waals surface area contributed by atoms with Crippen molar-refractivity contribution in [2.45, 2.75) is 136 Å². The number of ether oxygens (including phenoxy) is 3. The molecule has 5 fully saturated rings. The van der Waals surface area contributed by atoms with Gasteiger partial charge in [-0.25, -0.2) is 0 Å². The molecule has 2 aliphatic heterocycles. The molecule has 2 heterocycles. The molecule has 4 nitrogen and oxygen atoms in total. The van der Waals surface area contributed by atoms with Crippen molar-refractivity contribution in [2.24, 2.45) is 46.3 Å². The van der Waals surface area contributed by atoms with Gasteiger partial charge in [-0.05, 0) is 91.8 Å². The molecule has 11 atom stereocenters. The summed E-state index contributed by atoms with van der Waals surface area (Å²) in [6.07, 6.45) is 17.4. The summed E-state index contributed by atoms with van der Waals surface area (Å²) in [6.45, 7) is 13.0. The number of hydrogen-bond donors (Lipinski definition) is 0. The molecule has 2 saturated heterocycles. The maximum Gasteiger partial charge on any atom is 0.306 e. The highest BCUT2D eigenvalue weighted by atomic mass is 16.7. The van der Waals surface area contributed by atoms with Gasteiger partial charge < -0.3 is 14.2 Å². The van der Waals surface area contributed by atoms with Crippen LogP contribution in [0, 0.1) is 46.3 Å². The number of esters is 1. The van der Waals surface area contributed by atoms with Crippen LogP contribution in [-0.2, 0) is 19.0 Å². The first kappa shape index (κ1) is 26.4. The lowest BCUT2D eigenvalue weighted by Gasteiger charge is -2.58. The van der Waals surface area contributed by atoms with E-state index in [9.17, 15) is 4.79 Å². The molecule has 0 amide bonds. The second-order valence-corrected chi connectivity index (χ2v) is 14.6. The molecule has 1 spiro atoms. The summed E-state index contributed by atoms with van der Waals surface area (Å²) in [7, 11) is 0. The molecular formula is C33H52O4. The fourth-order valence-corrected chi connectivity index (χ4v) is 10.5. The van der Waals surface area contributed by atoms with E-state index in [-0.39, 0.29) is 23.3 Å². The summed E-state index contributed by atoms with van der Waals surface area (Å²) < 4.78 is 19.4. The standard InChI is InChI=1S/C33H52O4/c1-6-7-8-9-29(34)36-24-13-15-31(4)23(18-24)10-11-25-26(31)14-16-32(5)27(25)19-28-30(32)22(3)33(37-28)17-12-21(2)20-35-33/h10,21-22,24-28,30H,6-9,11-20H2,1-5H3/t21-,22+,24-,25-,26+,27+,28+,30+,31-,32-,33+/m0/s1. The quantitative estimate of drug-likeness (QED) is 0.214. The van der Waals surface area contributed by atoms with E-state index < -0.39 is 0 Å². The Hall–Kier alpha value is -0.870. The minimum absolute atomic E-state index is 0.0190. The molecule has 0 aromatic rings. The van der Waals surface area contributed by atoms with Crippen molar-refractivity contribution in [3.8, 4) is 0 Å². The summed E-state index contributed by atoms with van der Waals surface area (Å²) in [5.41, 5.74) is 2.25. The van der Waals surface area contributed by atoms with E-state index in [1.54, 1.807) is 5.57 Å². The molecule has 0 unspecified atom stereocenters. The predicted octanol–water partition coefficient (Wildman–Crippen LogP) is 7.85. The van der Waals surface area contributed by atoms with Crippen molar-refractivity contribution in [3.05, 3.63) is 11.6 Å². The first-order valence-electron chi connectivity index (χ1n) is 15.9. The number of fused-ring (bicyclic) bond motifs is 7. The second-order valence-electron chi connectivity index (χ2n) is 14.6. The summed E-state index contributed by atoms with van der Waals surface area (Å²) in [5, 5.41) is 0. The van der Waals surface area contributed by atoms with Gasteiger partial charge in [-0.3, -0.25) is 4.79 Å². The minimum atomic E-state index is -0.315. The van der Waals surface area contributed by atoms with E-state index in [1.807, 2.05) is 0 Å². The van der Waals surface area contributed by atoms with Crippen LogP contribution in [0.5, 0.6) is 0 Å². The van der Waals surface area contributed by atoms with Gasteiger partial charge in [-0.15, -0.1) is 0 Å². The first-order valence-corrected chi connectivity index (χ1v) is 15.9. The van der Waals surface area contributed by atoms with Gasteiger partial charge in [-0.2, -0.15) is 0 Å². The van der Waals surface area contributed by atoms with Crippen LogP contribution in [-0.4, -0.2) is 30.6 Å². The van der Waals surface area contributed by atoms with Gasteiger partial charge >= 0.3 is 5.97 Å². The van der Waals surface area contributed by atoms with Gasteiger partial charge in [0, 0.05) is 25.2 Å². The molecule has 4 aliphatic carbocycles. The van der Waals surface area contributed by atoms with Crippen molar-refractivity contribution < 1.29 is 19.0 Å². The van der Waals surface area contributed by atoms with Gasteiger partial charge in [-0.1, -0.05) is 59.1 Å². The monoisotopic (exact) mass is 512 g/mol. The van der Waals surface area contributed by atoms with E-state index in [0.29, 0.717) is 35.7 Å². The number of allylic oxidation sites excluding steroid dienone is 1. The molecule has 0 bridgehead atoms. The Kier molecular flexibility index (Phi) is 6.87. The highest BCUT2D eigenvalue weighted by Gasteiger charge is 2.68. The summed E-state index contributed by atoms with van der Waals surface area (Å²) in [4.78, 5) is 12.4. The fraction of sp³-hybridized carbons (Fsp3) is 0.909. The van der Waals surface area contributed by atoms with Crippen LogP contribution in [0.1, 0.15) is 118 Å². The van der Waals surface area contributed by atoms with E-state index in [4.69, 9.17) is 14.2 Å². The van der Waals surface area contributed by atoms with Gasteiger partial charge in [0.1, 0.15) is 6.10 Å². The van der Waals surface area contributed by atoms with Crippen LogP contribution >= 0.6 is 0 Å². The fourth-order valence-electron chi connectivity index (χ4n) is 10.5. The zero-order valence-electron chi connectivity index (χ0n) is 24.2. The van der Waals surface area contributed by atoms with Crippen LogP contribution in [0.3, 0.4) is 0 Å². The predicted molar refractivity (Wildman–Crippen MR) is 146 cm³/mol.